The largest absolute Gasteiger partial charge is 0.352 e. The molecule has 5 heteroatoms. The molecular weight excluding hydrogens is 240 g/mol. The molecule has 5 nitrogen and oxygen atoms in total. The van der Waals surface area contributed by atoms with Gasteiger partial charge < -0.3 is 10.7 Å². The SMILES string of the molecule is CCc1cc(C(=O)NCCC(C)(C)C)cc(NN)n1. The second-order valence-corrected chi connectivity index (χ2v) is 5.80. The van der Waals surface area contributed by atoms with Crippen molar-refractivity contribution >= 4 is 11.7 Å². The minimum absolute atomic E-state index is 0.0853. The number of pyridine rings is 1. The minimum atomic E-state index is -0.0853. The molecule has 0 bridgehead atoms. The van der Waals surface area contributed by atoms with Crippen LogP contribution in [0.15, 0.2) is 12.1 Å². The normalized spacial score (nSPS) is 11.2. The molecule has 0 aliphatic carbocycles. The summed E-state index contributed by atoms with van der Waals surface area (Å²) in [6, 6.07) is 3.46. The third kappa shape index (κ3) is 5.26. The van der Waals surface area contributed by atoms with E-state index in [4.69, 9.17) is 5.84 Å². The van der Waals surface area contributed by atoms with Crippen LogP contribution in [0.25, 0.3) is 0 Å². The smallest absolute Gasteiger partial charge is 0.251 e. The van der Waals surface area contributed by atoms with Gasteiger partial charge in [-0.15, -0.1) is 0 Å². The van der Waals surface area contributed by atoms with Crippen LogP contribution in [0, 0.1) is 5.41 Å². The molecule has 0 radical (unpaired) electrons. The Hall–Kier alpha value is -1.62. The summed E-state index contributed by atoms with van der Waals surface area (Å²) in [5, 5.41) is 2.92. The zero-order chi connectivity index (χ0) is 14.5. The number of nitrogen functional groups attached to an aromatic ring is 1. The summed E-state index contributed by atoms with van der Waals surface area (Å²) >= 11 is 0. The highest BCUT2D eigenvalue weighted by Gasteiger charge is 2.12. The van der Waals surface area contributed by atoms with E-state index < -0.39 is 0 Å². The van der Waals surface area contributed by atoms with E-state index in [1.165, 1.54) is 0 Å². The highest BCUT2D eigenvalue weighted by Crippen LogP contribution is 2.17. The van der Waals surface area contributed by atoms with Crippen molar-refractivity contribution in [3.8, 4) is 0 Å². The van der Waals surface area contributed by atoms with Gasteiger partial charge in [0.1, 0.15) is 5.82 Å². The number of nitrogens with zero attached hydrogens (tertiary/aromatic N) is 1. The Morgan fingerprint density at radius 1 is 1.37 bits per heavy atom. The summed E-state index contributed by atoms with van der Waals surface area (Å²) in [5.74, 6) is 5.78. The number of hydrogen-bond donors (Lipinski definition) is 3. The number of aromatic nitrogens is 1. The van der Waals surface area contributed by atoms with Crippen molar-refractivity contribution in [3.63, 3.8) is 0 Å². The van der Waals surface area contributed by atoms with Crippen molar-refractivity contribution in [1.82, 2.24) is 10.3 Å². The van der Waals surface area contributed by atoms with Crippen molar-refractivity contribution in [2.45, 2.75) is 40.5 Å². The maximum Gasteiger partial charge on any atom is 0.251 e. The van der Waals surface area contributed by atoms with E-state index in [1.54, 1.807) is 12.1 Å². The van der Waals surface area contributed by atoms with Crippen molar-refractivity contribution in [1.29, 1.82) is 0 Å². The fraction of sp³-hybridized carbons (Fsp3) is 0.571. The monoisotopic (exact) mass is 264 g/mol. The van der Waals surface area contributed by atoms with Crippen LogP contribution in [0.4, 0.5) is 5.82 Å². The first-order chi connectivity index (χ1) is 8.85. The van der Waals surface area contributed by atoms with Crippen LogP contribution in [0.1, 0.15) is 50.2 Å². The number of hydrazine groups is 1. The number of hydrogen-bond acceptors (Lipinski definition) is 4. The number of nitrogens with two attached hydrogens (primary N) is 1. The number of aryl methyl sites for hydroxylation is 1. The van der Waals surface area contributed by atoms with Crippen LogP contribution < -0.4 is 16.6 Å². The molecule has 1 rings (SSSR count). The molecule has 1 aromatic rings. The minimum Gasteiger partial charge on any atom is -0.352 e. The maximum atomic E-state index is 12.1. The molecule has 106 valence electrons. The third-order valence-corrected chi connectivity index (χ3v) is 2.81. The number of nitrogens with one attached hydrogen (secondary N) is 2. The molecule has 0 aliphatic heterocycles. The number of carbonyl (C=O) groups is 1. The highest BCUT2D eigenvalue weighted by molar-refractivity contribution is 5.94. The Kier molecular flexibility index (Phi) is 5.30. The lowest BCUT2D eigenvalue weighted by molar-refractivity contribution is 0.0949. The van der Waals surface area contributed by atoms with Gasteiger partial charge in [-0.25, -0.2) is 10.8 Å². The molecule has 0 fully saturated rings. The summed E-state index contributed by atoms with van der Waals surface area (Å²) in [6.45, 7) is 9.10. The van der Waals surface area contributed by atoms with Crippen molar-refractivity contribution in [2.75, 3.05) is 12.0 Å². The van der Waals surface area contributed by atoms with E-state index in [1.807, 2.05) is 6.92 Å². The molecule has 0 saturated carbocycles. The van der Waals surface area contributed by atoms with Crippen LogP contribution in [0.3, 0.4) is 0 Å². The summed E-state index contributed by atoms with van der Waals surface area (Å²) < 4.78 is 0. The molecule has 4 N–H and O–H groups in total. The fourth-order valence-corrected chi connectivity index (χ4v) is 1.63. The lowest BCUT2D eigenvalue weighted by atomic mass is 9.92. The average molecular weight is 264 g/mol. The van der Waals surface area contributed by atoms with E-state index in [0.29, 0.717) is 17.9 Å². The van der Waals surface area contributed by atoms with Gasteiger partial charge in [-0.1, -0.05) is 27.7 Å². The lowest BCUT2D eigenvalue weighted by Gasteiger charge is -2.18. The maximum absolute atomic E-state index is 12.1. The first kappa shape index (κ1) is 15.4. The molecule has 0 aliphatic rings. The second kappa shape index (κ2) is 6.52. The Morgan fingerprint density at radius 3 is 2.58 bits per heavy atom. The standard InChI is InChI=1S/C14H24N4O/c1-5-11-8-10(9-12(17-11)18-15)13(19)16-7-6-14(2,3)4/h8-9H,5-7,15H2,1-4H3,(H,16,19)(H,17,18). The molecule has 0 unspecified atom stereocenters. The highest BCUT2D eigenvalue weighted by atomic mass is 16.1. The van der Waals surface area contributed by atoms with Gasteiger partial charge in [0.05, 0.1) is 0 Å². The summed E-state index contributed by atoms with van der Waals surface area (Å²) in [4.78, 5) is 16.3. The summed E-state index contributed by atoms with van der Waals surface area (Å²) in [5.41, 5.74) is 4.13. The van der Waals surface area contributed by atoms with Gasteiger partial charge in [-0.05, 0) is 30.4 Å². The van der Waals surface area contributed by atoms with Crippen molar-refractivity contribution in [2.24, 2.45) is 11.3 Å². The Balaban J connectivity index is 2.71. The average Bonchev–Trinajstić information content (AvgIpc) is 2.36. The number of rotatable bonds is 5. The zero-order valence-electron chi connectivity index (χ0n) is 12.2. The Labute approximate surface area is 115 Å². The van der Waals surface area contributed by atoms with Gasteiger partial charge in [0.25, 0.3) is 5.91 Å². The molecule has 1 aromatic heterocycles. The number of carbonyl (C=O) groups excluding carboxylic acids is 1. The van der Waals surface area contributed by atoms with E-state index in [9.17, 15) is 4.79 Å². The Bertz CT molecular complexity index is 415. The van der Waals surface area contributed by atoms with Crippen LogP contribution in [-0.4, -0.2) is 17.4 Å². The first-order valence-electron chi connectivity index (χ1n) is 6.61. The van der Waals surface area contributed by atoms with Gasteiger partial charge in [0.15, 0.2) is 0 Å². The molecule has 1 heterocycles. The molecular formula is C14H24N4O. The lowest BCUT2D eigenvalue weighted by Crippen LogP contribution is -2.27. The summed E-state index contributed by atoms with van der Waals surface area (Å²) in [7, 11) is 0. The van der Waals surface area contributed by atoms with Crippen molar-refractivity contribution < 1.29 is 4.79 Å². The van der Waals surface area contributed by atoms with Crippen LogP contribution >= 0.6 is 0 Å². The van der Waals surface area contributed by atoms with E-state index >= 15 is 0 Å². The van der Waals surface area contributed by atoms with Gasteiger partial charge in [0, 0.05) is 17.8 Å². The van der Waals surface area contributed by atoms with Gasteiger partial charge >= 0.3 is 0 Å². The van der Waals surface area contributed by atoms with Crippen molar-refractivity contribution in [3.05, 3.63) is 23.4 Å². The first-order valence-corrected chi connectivity index (χ1v) is 6.61. The third-order valence-electron chi connectivity index (χ3n) is 2.81. The fourth-order valence-electron chi connectivity index (χ4n) is 1.63. The Morgan fingerprint density at radius 2 is 2.05 bits per heavy atom. The predicted molar refractivity (Wildman–Crippen MR) is 77.8 cm³/mol. The van der Waals surface area contributed by atoms with Crippen LogP contribution in [0.2, 0.25) is 0 Å². The molecule has 0 spiro atoms. The number of anilines is 1. The molecule has 1 amide bonds. The molecule has 0 saturated heterocycles. The molecule has 19 heavy (non-hydrogen) atoms. The predicted octanol–water partition coefficient (Wildman–Crippen LogP) is 2.10. The number of amides is 1. The van der Waals surface area contributed by atoms with E-state index in [-0.39, 0.29) is 11.3 Å². The topological polar surface area (TPSA) is 80.0 Å². The molecule has 0 atom stereocenters. The summed E-state index contributed by atoms with van der Waals surface area (Å²) in [6.07, 6.45) is 1.70. The second-order valence-electron chi connectivity index (χ2n) is 5.80. The van der Waals surface area contributed by atoms with Gasteiger partial charge in [-0.2, -0.15) is 0 Å². The van der Waals surface area contributed by atoms with Crippen LogP contribution in [-0.2, 0) is 6.42 Å². The zero-order valence-corrected chi connectivity index (χ0v) is 12.2. The molecule has 0 aromatic carbocycles. The van der Waals surface area contributed by atoms with E-state index in [2.05, 4.69) is 36.5 Å². The quantitative estimate of drug-likeness (QED) is 0.562. The van der Waals surface area contributed by atoms with Gasteiger partial charge in [-0.3, -0.25) is 4.79 Å². The van der Waals surface area contributed by atoms with E-state index in [0.717, 1.165) is 18.5 Å². The van der Waals surface area contributed by atoms with Gasteiger partial charge in [0.2, 0.25) is 0 Å². The van der Waals surface area contributed by atoms with Crippen LogP contribution in [0.5, 0.6) is 0 Å².